The van der Waals surface area contributed by atoms with E-state index in [-0.39, 0.29) is 29.8 Å². The molecule has 5 nitrogen and oxygen atoms in total. The zero-order chi connectivity index (χ0) is 19.6. The monoisotopic (exact) mass is 505 g/mol. The highest BCUT2D eigenvalue weighted by atomic mass is 127. The molecule has 1 saturated heterocycles. The van der Waals surface area contributed by atoms with Gasteiger partial charge in [-0.25, -0.2) is 4.39 Å². The molecule has 1 aliphatic heterocycles. The SMILES string of the molecule is CCNC(=NCCN(C)Cc1ccc(F)cc1)NC1CCN(C(C)C)CC1.I. The number of benzene rings is 1. The number of aliphatic imine (C=N–C) groups is 1. The second kappa shape index (κ2) is 13.3. The van der Waals surface area contributed by atoms with Crippen LogP contribution in [0.25, 0.3) is 0 Å². The van der Waals surface area contributed by atoms with Crippen molar-refractivity contribution in [3.05, 3.63) is 35.6 Å². The molecule has 1 fully saturated rings. The predicted molar refractivity (Wildman–Crippen MR) is 127 cm³/mol. The first-order valence-corrected chi connectivity index (χ1v) is 10.2. The molecule has 0 aromatic heterocycles. The maximum atomic E-state index is 13.0. The number of hydrogen-bond acceptors (Lipinski definition) is 3. The topological polar surface area (TPSA) is 42.9 Å². The van der Waals surface area contributed by atoms with Gasteiger partial charge in [-0.15, -0.1) is 24.0 Å². The summed E-state index contributed by atoms with van der Waals surface area (Å²) in [5, 5.41) is 6.96. The molecule has 0 radical (unpaired) electrons. The van der Waals surface area contributed by atoms with Crippen molar-refractivity contribution in [3.63, 3.8) is 0 Å². The maximum Gasteiger partial charge on any atom is 0.191 e. The molecule has 1 aliphatic rings. The van der Waals surface area contributed by atoms with Gasteiger partial charge in [-0.1, -0.05) is 12.1 Å². The number of nitrogens with zero attached hydrogens (tertiary/aromatic N) is 3. The van der Waals surface area contributed by atoms with E-state index in [0.717, 1.165) is 63.6 Å². The first kappa shape index (κ1) is 25.1. The van der Waals surface area contributed by atoms with Crippen molar-refractivity contribution in [1.82, 2.24) is 20.4 Å². The number of rotatable bonds is 8. The summed E-state index contributed by atoms with van der Waals surface area (Å²) in [7, 11) is 2.07. The van der Waals surface area contributed by atoms with E-state index >= 15 is 0 Å². The van der Waals surface area contributed by atoms with Crippen LogP contribution in [-0.4, -0.2) is 67.6 Å². The van der Waals surface area contributed by atoms with Gasteiger partial charge in [0.25, 0.3) is 0 Å². The normalized spacial score (nSPS) is 16.3. The van der Waals surface area contributed by atoms with Gasteiger partial charge in [0.1, 0.15) is 5.82 Å². The molecule has 1 aromatic rings. The molecule has 0 bridgehead atoms. The molecule has 2 rings (SSSR count). The van der Waals surface area contributed by atoms with E-state index < -0.39 is 0 Å². The molecular formula is C21H37FIN5. The Morgan fingerprint density at radius 3 is 2.46 bits per heavy atom. The number of halogens is 2. The number of piperidine rings is 1. The van der Waals surface area contributed by atoms with E-state index in [1.54, 1.807) is 0 Å². The summed E-state index contributed by atoms with van der Waals surface area (Å²) >= 11 is 0. The van der Waals surface area contributed by atoms with Crippen LogP contribution >= 0.6 is 24.0 Å². The van der Waals surface area contributed by atoms with Gasteiger partial charge >= 0.3 is 0 Å². The molecule has 0 unspecified atom stereocenters. The summed E-state index contributed by atoms with van der Waals surface area (Å²) in [4.78, 5) is 9.48. The highest BCUT2D eigenvalue weighted by molar-refractivity contribution is 14.0. The van der Waals surface area contributed by atoms with Gasteiger partial charge in [-0.05, 0) is 58.4 Å². The van der Waals surface area contributed by atoms with E-state index in [1.807, 2.05) is 12.1 Å². The molecule has 0 amide bonds. The average Bonchev–Trinajstić information content (AvgIpc) is 2.64. The van der Waals surface area contributed by atoms with Crippen LogP contribution in [0, 0.1) is 5.82 Å². The minimum atomic E-state index is -0.188. The Bertz CT molecular complexity index is 571. The molecule has 2 N–H and O–H groups in total. The fourth-order valence-corrected chi connectivity index (χ4v) is 3.39. The summed E-state index contributed by atoms with van der Waals surface area (Å²) in [6, 6.07) is 7.83. The lowest BCUT2D eigenvalue weighted by molar-refractivity contribution is 0.167. The minimum absolute atomic E-state index is 0. The second-order valence-corrected chi connectivity index (χ2v) is 7.67. The van der Waals surface area contributed by atoms with Crippen molar-refractivity contribution in [3.8, 4) is 0 Å². The van der Waals surface area contributed by atoms with Crippen molar-refractivity contribution >= 4 is 29.9 Å². The quantitative estimate of drug-likeness (QED) is 0.323. The van der Waals surface area contributed by atoms with Gasteiger partial charge in [0, 0.05) is 44.8 Å². The number of likely N-dealkylation sites (N-methyl/N-ethyl adjacent to an activating group) is 1. The Morgan fingerprint density at radius 1 is 1.25 bits per heavy atom. The lowest BCUT2D eigenvalue weighted by Gasteiger charge is -2.35. The van der Waals surface area contributed by atoms with E-state index in [4.69, 9.17) is 4.99 Å². The van der Waals surface area contributed by atoms with E-state index in [0.29, 0.717) is 12.1 Å². The zero-order valence-electron chi connectivity index (χ0n) is 17.7. The van der Waals surface area contributed by atoms with Crippen LogP contribution in [0.2, 0.25) is 0 Å². The second-order valence-electron chi connectivity index (χ2n) is 7.67. The number of likely N-dealkylation sites (tertiary alicyclic amines) is 1. The van der Waals surface area contributed by atoms with Gasteiger partial charge in [0.05, 0.1) is 6.54 Å². The van der Waals surface area contributed by atoms with Crippen molar-refractivity contribution in [2.45, 2.75) is 52.2 Å². The molecule has 0 saturated carbocycles. The summed E-state index contributed by atoms with van der Waals surface area (Å²) in [5.41, 5.74) is 1.12. The molecule has 7 heteroatoms. The third kappa shape index (κ3) is 9.05. The van der Waals surface area contributed by atoms with Gasteiger partial charge in [0.2, 0.25) is 0 Å². The largest absolute Gasteiger partial charge is 0.357 e. The Labute approximate surface area is 187 Å². The zero-order valence-corrected chi connectivity index (χ0v) is 20.1. The smallest absolute Gasteiger partial charge is 0.191 e. The summed E-state index contributed by atoms with van der Waals surface area (Å²) in [5.74, 6) is 0.724. The highest BCUT2D eigenvalue weighted by Crippen LogP contribution is 2.12. The first-order chi connectivity index (χ1) is 13.0. The van der Waals surface area contributed by atoms with Crippen LogP contribution in [0.4, 0.5) is 4.39 Å². The fourth-order valence-electron chi connectivity index (χ4n) is 3.39. The summed E-state index contributed by atoms with van der Waals surface area (Å²) < 4.78 is 13.0. The van der Waals surface area contributed by atoms with Gasteiger partial charge in [0.15, 0.2) is 5.96 Å². The highest BCUT2D eigenvalue weighted by Gasteiger charge is 2.21. The first-order valence-electron chi connectivity index (χ1n) is 10.2. The van der Waals surface area contributed by atoms with Gasteiger partial charge in [-0.3, -0.25) is 4.99 Å². The molecule has 1 aromatic carbocycles. The number of hydrogen-bond donors (Lipinski definition) is 2. The lowest BCUT2D eigenvalue weighted by atomic mass is 10.0. The Kier molecular flexibility index (Phi) is 11.9. The summed E-state index contributed by atoms with van der Waals surface area (Å²) in [6.45, 7) is 12.2. The number of guanidine groups is 1. The van der Waals surface area contributed by atoms with Crippen molar-refractivity contribution in [1.29, 1.82) is 0 Å². The molecule has 0 spiro atoms. The van der Waals surface area contributed by atoms with E-state index in [1.165, 1.54) is 12.1 Å². The summed E-state index contributed by atoms with van der Waals surface area (Å²) in [6.07, 6.45) is 2.32. The van der Waals surface area contributed by atoms with Crippen LogP contribution in [0.5, 0.6) is 0 Å². The Morgan fingerprint density at radius 2 is 1.89 bits per heavy atom. The van der Waals surface area contributed by atoms with Crippen LogP contribution in [0.1, 0.15) is 39.2 Å². The van der Waals surface area contributed by atoms with Crippen LogP contribution in [0.3, 0.4) is 0 Å². The van der Waals surface area contributed by atoms with Crippen molar-refractivity contribution in [2.24, 2.45) is 4.99 Å². The minimum Gasteiger partial charge on any atom is -0.357 e. The third-order valence-electron chi connectivity index (χ3n) is 5.06. The molecule has 1 heterocycles. The van der Waals surface area contributed by atoms with Crippen LogP contribution in [-0.2, 0) is 6.54 Å². The molecule has 0 aliphatic carbocycles. The maximum absolute atomic E-state index is 13.0. The molecule has 160 valence electrons. The van der Waals surface area contributed by atoms with Gasteiger partial charge < -0.3 is 20.4 Å². The van der Waals surface area contributed by atoms with E-state index in [2.05, 4.69) is 48.3 Å². The van der Waals surface area contributed by atoms with Crippen molar-refractivity contribution in [2.75, 3.05) is 39.8 Å². The molecule has 0 atom stereocenters. The Hall–Kier alpha value is -0.930. The standard InChI is InChI=1S/C21H36FN5.HI/c1-5-23-21(25-20-10-13-27(14-11-20)17(2)3)24-12-15-26(4)16-18-6-8-19(22)9-7-18;/h6-9,17,20H,5,10-16H2,1-4H3,(H2,23,24,25);1H. The Balaban J connectivity index is 0.00000392. The van der Waals surface area contributed by atoms with E-state index in [9.17, 15) is 4.39 Å². The number of nitrogens with one attached hydrogen (secondary N) is 2. The predicted octanol–water partition coefficient (Wildman–Crippen LogP) is 3.30. The lowest BCUT2D eigenvalue weighted by Crippen LogP contribution is -2.50. The van der Waals surface area contributed by atoms with Crippen LogP contribution in [0.15, 0.2) is 29.3 Å². The molecular weight excluding hydrogens is 468 g/mol. The van der Waals surface area contributed by atoms with Gasteiger partial charge in [-0.2, -0.15) is 0 Å². The third-order valence-corrected chi connectivity index (χ3v) is 5.06. The van der Waals surface area contributed by atoms with Crippen molar-refractivity contribution < 1.29 is 4.39 Å². The van der Waals surface area contributed by atoms with Crippen LogP contribution < -0.4 is 10.6 Å². The molecule has 28 heavy (non-hydrogen) atoms. The average molecular weight is 505 g/mol. The fraction of sp³-hybridized carbons (Fsp3) is 0.667.